The molecule has 0 unspecified atom stereocenters. The van der Waals surface area contributed by atoms with Crippen LogP contribution in [-0.2, 0) is 17.6 Å². The summed E-state index contributed by atoms with van der Waals surface area (Å²) in [6, 6.07) is 7.90. The minimum absolute atomic E-state index is 0.100. The number of alkyl halides is 1. The summed E-state index contributed by atoms with van der Waals surface area (Å²) in [5.41, 5.74) is 3.58. The van der Waals surface area contributed by atoms with E-state index >= 15 is 0 Å². The molecule has 6 nitrogen and oxygen atoms in total. The van der Waals surface area contributed by atoms with E-state index in [4.69, 9.17) is 0 Å². The van der Waals surface area contributed by atoms with Crippen LogP contribution in [-0.4, -0.2) is 66.2 Å². The molecular weight excluding hydrogens is 520 g/mol. The van der Waals surface area contributed by atoms with E-state index in [1.165, 1.54) is 14.8 Å². The molecule has 1 saturated heterocycles. The fourth-order valence-electron chi connectivity index (χ4n) is 4.68. The van der Waals surface area contributed by atoms with Gasteiger partial charge in [-0.25, -0.2) is 9.97 Å². The Kier molecular flexibility index (Phi) is 7.93. The topological polar surface area (TPSA) is 61.4 Å². The van der Waals surface area contributed by atoms with Crippen molar-refractivity contribution in [1.82, 2.24) is 20.2 Å². The zero-order valence-electron chi connectivity index (χ0n) is 18.6. The van der Waals surface area contributed by atoms with Crippen LogP contribution in [0.15, 0.2) is 30.6 Å². The first kappa shape index (κ1) is 23.4. The van der Waals surface area contributed by atoms with Gasteiger partial charge in [-0.1, -0.05) is 19.1 Å². The lowest BCUT2D eigenvalue weighted by Gasteiger charge is -2.38. The smallest absolute Gasteiger partial charge is 0.240 e. The fourth-order valence-corrected chi connectivity index (χ4v) is 5.04. The quantitative estimate of drug-likeness (QED) is 0.403. The number of nitrogens with one attached hydrogen (secondary N) is 1. The molecule has 0 saturated carbocycles. The van der Waals surface area contributed by atoms with Crippen molar-refractivity contribution in [2.45, 2.75) is 44.6 Å². The number of hydrogen-bond acceptors (Lipinski definition) is 5. The van der Waals surface area contributed by atoms with Gasteiger partial charge in [0, 0.05) is 41.0 Å². The van der Waals surface area contributed by atoms with Crippen LogP contribution in [0.25, 0.3) is 0 Å². The van der Waals surface area contributed by atoms with Crippen LogP contribution in [0.5, 0.6) is 0 Å². The predicted octanol–water partition coefficient (Wildman–Crippen LogP) is 3.34. The average Bonchev–Trinajstić information content (AvgIpc) is 3.20. The Morgan fingerprint density at radius 1 is 1.22 bits per heavy atom. The number of aromatic nitrogens is 2. The number of benzene rings is 1. The first-order chi connectivity index (χ1) is 15.6. The number of piperazine rings is 1. The Labute approximate surface area is 203 Å². The molecule has 2 aliphatic rings. The summed E-state index contributed by atoms with van der Waals surface area (Å²) in [4.78, 5) is 26.7. The third-order valence-electron chi connectivity index (χ3n) is 6.50. The molecule has 1 amide bonds. The Balaban J connectivity index is 1.41. The molecule has 0 spiro atoms. The largest absolute Gasteiger partial charge is 0.353 e. The lowest BCUT2D eigenvalue weighted by atomic mass is 10.0. The molecule has 1 aromatic heterocycles. The number of aryl methyl sites for hydroxylation is 1. The SMILES string of the molecule is C[C@@H]1CCc2ncnc(N3CCN(C(=O)[C@@H](Cc4ccc(I)cc4)NCCCF)CC3)c21. The highest BCUT2D eigenvalue weighted by molar-refractivity contribution is 14.1. The van der Waals surface area contributed by atoms with Crippen molar-refractivity contribution in [3.63, 3.8) is 0 Å². The van der Waals surface area contributed by atoms with Gasteiger partial charge >= 0.3 is 0 Å². The van der Waals surface area contributed by atoms with E-state index in [1.807, 2.05) is 4.90 Å². The minimum Gasteiger partial charge on any atom is -0.353 e. The third kappa shape index (κ3) is 5.39. The van der Waals surface area contributed by atoms with Crippen molar-refractivity contribution in [2.75, 3.05) is 44.3 Å². The van der Waals surface area contributed by atoms with Gasteiger partial charge < -0.3 is 15.1 Å². The van der Waals surface area contributed by atoms with Crippen molar-refractivity contribution in [3.8, 4) is 0 Å². The summed E-state index contributed by atoms with van der Waals surface area (Å²) in [7, 11) is 0. The number of halogens is 2. The summed E-state index contributed by atoms with van der Waals surface area (Å²) in [6.07, 6.45) is 4.86. The van der Waals surface area contributed by atoms with Crippen LogP contribution in [0, 0.1) is 3.57 Å². The maximum atomic E-state index is 13.4. The monoisotopic (exact) mass is 551 g/mol. The molecule has 32 heavy (non-hydrogen) atoms. The highest BCUT2D eigenvalue weighted by atomic mass is 127. The van der Waals surface area contributed by atoms with Crippen molar-refractivity contribution >= 4 is 34.3 Å². The van der Waals surface area contributed by atoms with Gasteiger partial charge in [0.1, 0.15) is 12.1 Å². The van der Waals surface area contributed by atoms with Crippen molar-refractivity contribution < 1.29 is 9.18 Å². The lowest BCUT2D eigenvalue weighted by molar-refractivity contribution is -0.133. The van der Waals surface area contributed by atoms with Gasteiger partial charge in [-0.3, -0.25) is 9.18 Å². The van der Waals surface area contributed by atoms with Gasteiger partial charge in [0.05, 0.1) is 12.7 Å². The molecule has 8 heteroatoms. The second-order valence-corrected chi connectivity index (χ2v) is 9.94. The summed E-state index contributed by atoms with van der Waals surface area (Å²) >= 11 is 2.28. The molecule has 0 radical (unpaired) electrons. The summed E-state index contributed by atoms with van der Waals surface area (Å²) < 4.78 is 13.8. The fraction of sp³-hybridized carbons (Fsp3) is 0.542. The van der Waals surface area contributed by atoms with Crippen LogP contribution in [0.4, 0.5) is 10.2 Å². The molecule has 2 heterocycles. The number of rotatable bonds is 8. The number of fused-ring (bicyclic) bond motifs is 1. The molecular formula is C24H31FIN5O. The molecule has 1 aromatic carbocycles. The van der Waals surface area contributed by atoms with E-state index in [0.717, 1.165) is 37.3 Å². The van der Waals surface area contributed by atoms with E-state index in [0.29, 0.717) is 38.4 Å². The first-order valence-electron chi connectivity index (χ1n) is 11.5. The highest BCUT2D eigenvalue weighted by Gasteiger charge is 2.31. The van der Waals surface area contributed by atoms with Gasteiger partial charge in [-0.05, 0) is 78.4 Å². The standard InChI is InChI=1S/C24H31FIN5O/c1-17-3-8-20-22(17)23(29-16-28-20)30-11-13-31(14-12-30)24(32)21(27-10-2-9-25)15-18-4-6-19(26)7-5-18/h4-7,16-17,21,27H,2-3,8-15H2,1H3/t17-,21-/m1/s1. The normalized spacial score (nSPS) is 19.2. The van der Waals surface area contributed by atoms with Crippen molar-refractivity contribution in [3.05, 3.63) is 51.0 Å². The van der Waals surface area contributed by atoms with Gasteiger partial charge in [0.25, 0.3) is 0 Å². The number of hydrogen-bond donors (Lipinski definition) is 1. The highest BCUT2D eigenvalue weighted by Crippen LogP contribution is 2.37. The van der Waals surface area contributed by atoms with Crippen LogP contribution in [0.2, 0.25) is 0 Å². The second-order valence-electron chi connectivity index (χ2n) is 8.69. The molecule has 1 N–H and O–H groups in total. The lowest BCUT2D eigenvalue weighted by Crippen LogP contribution is -2.55. The van der Waals surface area contributed by atoms with Gasteiger partial charge in [-0.15, -0.1) is 0 Å². The van der Waals surface area contributed by atoms with Crippen LogP contribution in [0.1, 0.15) is 42.5 Å². The number of nitrogens with zero attached hydrogens (tertiary/aromatic N) is 4. The van der Waals surface area contributed by atoms with Crippen LogP contribution >= 0.6 is 22.6 Å². The Morgan fingerprint density at radius 3 is 2.69 bits per heavy atom. The predicted molar refractivity (Wildman–Crippen MR) is 133 cm³/mol. The zero-order chi connectivity index (χ0) is 22.5. The van der Waals surface area contributed by atoms with E-state index in [2.05, 4.69) is 74.0 Å². The number of amides is 1. The van der Waals surface area contributed by atoms with Crippen LogP contribution < -0.4 is 10.2 Å². The Bertz CT molecular complexity index is 917. The van der Waals surface area contributed by atoms with Gasteiger partial charge in [-0.2, -0.15) is 0 Å². The van der Waals surface area contributed by atoms with Crippen LogP contribution in [0.3, 0.4) is 0 Å². The molecule has 4 rings (SSSR count). The first-order valence-corrected chi connectivity index (χ1v) is 12.6. The summed E-state index contributed by atoms with van der Waals surface area (Å²) in [5, 5.41) is 3.30. The van der Waals surface area contributed by atoms with Gasteiger partial charge in [0.2, 0.25) is 5.91 Å². The zero-order valence-corrected chi connectivity index (χ0v) is 20.7. The Hall–Kier alpha value is -1.81. The second kappa shape index (κ2) is 10.9. The molecule has 1 aliphatic heterocycles. The maximum absolute atomic E-state index is 13.4. The molecule has 1 fully saturated rings. The minimum atomic E-state index is -0.377. The summed E-state index contributed by atoms with van der Waals surface area (Å²) in [6.45, 7) is 5.24. The van der Waals surface area contributed by atoms with E-state index < -0.39 is 0 Å². The molecule has 2 aromatic rings. The van der Waals surface area contributed by atoms with Crippen molar-refractivity contribution in [1.29, 1.82) is 0 Å². The van der Waals surface area contributed by atoms with E-state index in [-0.39, 0.29) is 18.6 Å². The number of anilines is 1. The molecule has 172 valence electrons. The third-order valence-corrected chi connectivity index (χ3v) is 7.21. The van der Waals surface area contributed by atoms with Crippen molar-refractivity contribution in [2.24, 2.45) is 0 Å². The number of carbonyl (C=O) groups is 1. The average molecular weight is 551 g/mol. The molecule has 0 bridgehead atoms. The molecule has 1 aliphatic carbocycles. The molecule has 2 atom stereocenters. The Morgan fingerprint density at radius 2 is 1.97 bits per heavy atom. The maximum Gasteiger partial charge on any atom is 0.240 e. The number of carbonyl (C=O) groups excluding carboxylic acids is 1. The van der Waals surface area contributed by atoms with Gasteiger partial charge in [0.15, 0.2) is 0 Å². The summed E-state index contributed by atoms with van der Waals surface area (Å²) in [5.74, 6) is 1.63. The van der Waals surface area contributed by atoms with E-state index in [9.17, 15) is 9.18 Å². The van der Waals surface area contributed by atoms with E-state index in [1.54, 1.807) is 6.33 Å².